The van der Waals surface area contributed by atoms with Crippen molar-refractivity contribution in [1.82, 2.24) is 0 Å². The third-order valence-corrected chi connectivity index (χ3v) is 10.4. The van der Waals surface area contributed by atoms with Crippen molar-refractivity contribution in [2.45, 2.75) is 206 Å². The van der Waals surface area contributed by atoms with Crippen LogP contribution in [-0.4, -0.2) is 70.7 Å². The van der Waals surface area contributed by atoms with Gasteiger partial charge in [-0.15, -0.1) is 0 Å². The second-order valence-corrected chi connectivity index (χ2v) is 17.1. The Kier molecular flexibility index (Phi) is 35.2. The monoisotopic (exact) mass is 734 g/mol. The molecule has 0 rings (SSSR count). The second-order valence-electron chi connectivity index (χ2n) is 15.7. The molecule has 0 aromatic carbocycles. The lowest BCUT2D eigenvalue weighted by Crippen LogP contribution is -2.37. The maximum atomic E-state index is 12.6. The molecule has 0 spiro atoms. The summed E-state index contributed by atoms with van der Waals surface area (Å²) in [5.41, 5.74) is 0. The first-order chi connectivity index (χ1) is 24.1. The lowest BCUT2D eigenvalue weighted by atomic mass is 10.0. The summed E-state index contributed by atoms with van der Waals surface area (Å²) < 4.78 is 34.5. The van der Waals surface area contributed by atoms with Gasteiger partial charge in [0.05, 0.1) is 34.4 Å². The lowest BCUT2D eigenvalue weighted by Gasteiger charge is -2.28. The Balaban J connectivity index is 4.19. The van der Waals surface area contributed by atoms with Gasteiger partial charge in [-0.3, -0.25) is 9.36 Å². The zero-order chi connectivity index (χ0) is 37.0. The highest BCUT2D eigenvalue weighted by molar-refractivity contribution is 7.45. The molecule has 0 heterocycles. The van der Waals surface area contributed by atoms with E-state index in [1.54, 1.807) is 0 Å². The third kappa shape index (κ3) is 38.7. The molecular weight excluding hydrogens is 649 g/mol. The Labute approximate surface area is 310 Å². The summed E-state index contributed by atoms with van der Waals surface area (Å²) in [5, 5.41) is 0. The highest BCUT2D eigenvalue weighted by Gasteiger charge is 2.20. The van der Waals surface area contributed by atoms with Crippen LogP contribution < -0.4 is 4.89 Å². The molecule has 300 valence electrons. The first kappa shape index (κ1) is 49.5. The van der Waals surface area contributed by atoms with Crippen LogP contribution in [0.4, 0.5) is 0 Å². The molecule has 9 heteroatoms. The van der Waals surface area contributed by atoms with Crippen molar-refractivity contribution < 1.29 is 37.3 Å². The molecule has 8 nitrogen and oxygen atoms in total. The van der Waals surface area contributed by atoms with Crippen LogP contribution in [0.2, 0.25) is 0 Å². The quantitative estimate of drug-likeness (QED) is 0.0268. The molecule has 0 aliphatic carbocycles. The summed E-state index contributed by atoms with van der Waals surface area (Å²) in [6.45, 7) is 5.45. The highest BCUT2D eigenvalue weighted by atomic mass is 31.2. The molecule has 0 saturated heterocycles. The zero-order valence-electron chi connectivity index (χ0n) is 33.9. The number of hydrogen-bond donors (Lipinski definition) is 0. The number of hydrogen-bond acceptors (Lipinski definition) is 7. The van der Waals surface area contributed by atoms with Crippen LogP contribution in [0.15, 0.2) is 0 Å². The maximum Gasteiger partial charge on any atom is 0.306 e. The Bertz CT molecular complexity index is 777. The van der Waals surface area contributed by atoms with Gasteiger partial charge >= 0.3 is 5.97 Å². The molecule has 0 bridgehead atoms. The van der Waals surface area contributed by atoms with Gasteiger partial charge in [-0.1, -0.05) is 181 Å². The number of esters is 1. The molecule has 0 N–H and O–H groups in total. The van der Waals surface area contributed by atoms with Crippen LogP contribution in [0.5, 0.6) is 0 Å². The van der Waals surface area contributed by atoms with Crippen molar-refractivity contribution in [3.05, 3.63) is 0 Å². The van der Waals surface area contributed by atoms with Crippen molar-refractivity contribution in [1.29, 1.82) is 0 Å². The Morgan fingerprint density at radius 2 is 0.920 bits per heavy atom. The fraction of sp³-hybridized carbons (Fsp3) is 0.976. The maximum absolute atomic E-state index is 12.6. The van der Waals surface area contributed by atoms with Gasteiger partial charge in [0.15, 0.2) is 0 Å². The summed E-state index contributed by atoms with van der Waals surface area (Å²) in [5.74, 6) is -0.330. The molecule has 0 aromatic rings. The number of rotatable bonds is 40. The summed E-state index contributed by atoms with van der Waals surface area (Å²) in [4.78, 5) is 25.0. The second kappa shape index (κ2) is 35.5. The van der Waals surface area contributed by atoms with E-state index in [0.29, 0.717) is 24.1 Å². The van der Waals surface area contributed by atoms with Crippen molar-refractivity contribution in [2.75, 3.05) is 54.1 Å². The van der Waals surface area contributed by atoms with E-state index in [4.69, 9.17) is 18.5 Å². The average Bonchev–Trinajstić information content (AvgIpc) is 3.06. The van der Waals surface area contributed by atoms with Gasteiger partial charge in [-0.2, -0.15) is 0 Å². The van der Waals surface area contributed by atoms with E-state index >= 15 is 0 Å². The minimum absolute atomic E-state index is 0.0312. The van der Waals surface area contributed by atoms with E-state index in [-0.39, 0.29) is 25.8 Å². The average molecular weight is 734 g/mol. The Morgan fingerprint density at radius 1 is 0.540 bits per heavy atom. The van der Waals surface area contributed by atoms with Crippen LogP contribution in [-0.2, 0) is 27.9 Å². The minimum Gasteiger partial charge on any atom is -0.756 e. The number of carbonyl (C=O) groups is 1. The first-order valence-corrected chi connectivity index (χ1v) is 22.7. The normalized spacial score (nSPS) is 13.8. The standard InChI is InChI=1S/C41H84NO7P/c1-6-8-10-12-14-16-18-20-21-22-23-25-27-29-31-33-36-46-38-40(39-48-50(44,45)47-37-35-42(3,4)5)49-41(43)34-32-30-28-26-24-19-17-15-13-11-9-7-2/h40H,6-39H2,1-5H3. The molecule has 2 atom stereocenters. The van der Waals surface area contributed by atoms with Gasteiger partial charge in [0.25, 0.3) is 7.82 Å². The number of likely N-dealkylation sites (N-methyl/N-ethyl adjacent to an activating group) is 1. The molecular formula is C41H84NO7P. The van der Waals surface area contributed by atoms with Crippen LogP contribution in [0.1, 0.15) is 200 Å². The molecule has 0 fully saturated rings. The molecule has 0 aliphatic rings. The number of phosphoric ester groups is 1. The SMILES string of the molecule is CCCCCCCCCCCCCCCCCCOCC(COP(=O)([O-])OCC[N+](C)(C)C)OC(=O)CCCCCCCCCCCCCC. The van der Waals surface area contributed by atoms with Gasteiger partial charge in [-0.25, -0.2) is 0 Å². The topological polar surface area (TPSA) is 94.1 Å². The summed E-state index contributed by atoms with van der Waals surface area (Å²) >= 11 is 0. The van der Waals surface area contributed by atoms with Crippen LogP contribution in [0, 0.1) is 0 Å². The molecule has 0 saturated carbocycles. The van der Waals surface area contributed by atoms with Gasteiger partial charge in [0.1, 0.15) is 19.3 Å². The van der Waals surface area contributed by atoms with Crippen molar-refractivity contribution in [3.63, 3.8) is 0 Å². The molecule has 50 heavy (non-hydrogen) atoms. The van der Waals surface area contributed by atoms with Crippen LogP contribution in [0.25, 0.3) is 0 Å². The van der Waals surface area contributed by atoms with E-state index in [0.717, 1.165) is 32.1 Å². The zero-order valence-corrected chi connectivity index (χ0v) is 34.8. The molecule has 0 aliphatic heterocycles. The number of carbonyl (C=O) groups excluding carboxylic acids is 1. The molecule has 0 amide bonds. The van der Waals surface area contributed by atoms with Gasteiger partial charge in [0, 0.05) is 13.0 Å². The number of quaternary nitrogens is 1. The van der Waals surface area contributed by atoms with E-state index in [1.165, 1.54) is 148 Å². The predicted molar refractivity (Wildman–Crippen MR) is 208 cm³/mol. The van der Waals surface area contributed by atoms with Crippen molar-refractivity contribution in [3.8, 4) is 0 Å². The largest absolute Gasteiger partial charge is 0.756 e. The molecule has 0 aromatic heterocycles. The van der Waals surface area contributed by atoms with Crippen molar-refractivity contribution in [2.24, 2.45) is 0 Å². The summed E-state index contributed by atoms with van der Waals surface area (Å²) in [6, 6.07) is 0. The summed E-state index contributed by atoms with van der Waals surface area (Å²) in [7, 11) is 1.37. The number of phosphoric acid groups is 1. The lowest BCUT2D eigenvalue weighted by molar-refractivity contribution is -0.870. The van der Waals surface area contributed by atoms with Crippen molar-refractivity contribution >= 4 is 13.8 Å². The van der Waals surface area contributed by atoms with E-state index in [2.05, 4.69) is 13.8 Å². The highest BCUT2D eigenvalue weighted by Crippen LogP contribution is 2.38. The van der Waals surface area contributed by atoms with Gasteiger partial charge < -0.3 is 27.9 Å². The third-order valence-electron chi connectivity index (χ3n) is 9.41. The minimum atomic E-state index is -4.51. The van der Waals surface area contributed by atoms with Gasteiger partial charge in [-0.05, 0) is 12.8 Å². The smallest absolute Gasteiger partial charge is 0.306 e. The first-order valence-electron chi connectivity index (χ1n) is 21.3. The predicted octanol–water partition coefficient (Wildman–Crippen LogP) is 11.5. The molecule has 0 radical (unpaired) electrons. The van der Waals surface area contributed by atoms with E-state index in [9.17, 15) is 14.3 Å². The van der Waals surface area contributed by atoms with Crippen LogP contribution in [0.3, 0.4) is 0 Å². The van der Waals surface area contributed by atoms with Gasteiger partial charge in [0.2, 0.25) is 0 Å². The number of nitrogens with zero attached hydrogens (tertiary/aromatic N) is 1. The fourth-order valence-corrected chi connectivity index (χ4v) is 6.81. The molecule has 2 unspecified atom stereocenters. The fourth-order valence-electron chi connectivity index (χ4n) is 6.08. The Morgan fingerprint density at radius 3 is 1.32 bits per heavy atom. The Hall–Kier alpha value is -0.500. The van der Waals surface area contributed by atoms with E-state index in [1.807, 2.05) is 21.1 Å². The number of ether oxygens (including phenoxy) is 2. The van der Waals surface area contributed by atoms with Crippen LogP contribution >= 0.6 is 7.82 Å². The number of unbranched alkanes of at least 4 members (excludes halogenated alkanes) is 26. The summed E-state index contributed by atoms with van der Waals surface area (Å²) in [6.07, 6.45) is 35.3. The van der Waals surface area contributed by atoms with E-state index < -0.39 is 13.9 Å².